The summed E-state index contributed by atoms with van der Waals surface area (Å²) >= 11 is 0. The van der Waals surface area contributed by atoms with Crippen molar-refractivity contribution in [2.75, 3.05) is 5.32 Å². The van der Waals surface area contributed by atoms with Gasteiger partial charge in [0.2, 0.25) is 5.91 Å². The highest BCUT2D eigenvalue weighted by Gasteiger charge is 2.30. The number of nitrogens with one attached hydrogen (secondary N) is 1. The quantitative estimate of drug-likeness (QED) is 0.814. The van der Waals surface area contributed by atoms with Crippen LogP contribution >= 0.6 is 0 Å². The van der Waals surface area contributed by atoms with Crippen molar-refractivity contribution in [3.63, 3.8) is 0 Å². The van der Waals surface area contributed by atoms with Crippen molar-refractivity contribution in [3.8, 4) is 5.75 Å². The summed E-state index contributed by atoms with van der Waals surface area (Å²) in [6, 6.07) is 6.10. The lowest BCUT2D eigenvalue weighted by atomic mass is 10.2. The molecule has 0 bridgehead atoms. The van der Waals surface area contributed by atoms with Gasteiger partial charge in [-0.15, -0.1) is 13.2 Å². The molecule has 26 heavy (non-hydrogen) atoms. The zero-order chi connectivity index (χ0) is 19.2. The number of halogens is 3. The molecule has 0 aliphatic carbocycles. The summed E-state index contributed by atoms with van der Waals surface area (Å²) in [5.74, 6) is -0.890. The molecule has 9 heteroatoms. The van der Waals surface area contributed by atoms with Gasteiger partial charge >= 0.3 is 6.36 Å². The number of anilines is 1. The third-order valence-corrected chi connectivity index (χ3v) is 3.41. The minimum atomic E-state index is -4.78. The second kappa shape index (κ2) is 8.50. The summed E-state index contributed by atoms with van der Waals surface area (Å²) in [7, 11) is 0. The third-order valence-electron chi connectivity index (χ3n) is 3.41. The van der Waals surface area contributed by atoms with Crippen LogP contribution in [0.3, 0.4) is 0 Å². The molecule has 0 aliphatic heterocycles. The smallest absolute Gasteiger partial charge is 0.406 e. The monoisotopic (exact) mass is 369 g/mol. The SMILES string of the molecule is CCCCc1cc(=O)n(CC(=O)Nc2ccc(OC(F)(F)F)cc2)cn1. The molecule has 0 fully saturated rings. The lowest BCUT2D eigenvalue weighted by Crippen LogP contribution is -2.27. The minimum absolute atomic E-state index is 0.249. The van der Waals surface area contributed by atoms with E-state index in [2.05, 4.69) is 15.0 Å². The van der Waals surface area contributed by atoms with Gasteiger partial charge in [0.05, 0.1) is 6.33 Å². The predicted molar refractivity (Wildman–Crippen MR) is 88.9 cm³/mol. The van der Waals surface area contributed by atoms with Crippen LogP contribution in [-0.4, -0.2) is 21.8 Å². The van der Waals surface area contributed by atoms with Crippen molar-refractivity contribution < 1.29 is 22.7 Å². The van der Waals surface area contributed by atoms with Crippen molar-refractivity contribution >= 4 is 11.6 Å². The largest absolute Gasteiger partial charge is 0.573 e. The fraction of sp³-hybridized carbons (Fsp3) is 0.353. The average molecular weight is 369 g/mol. The Kier molecular flexibility index (Phi) is 6.37. The first kappa shape index (κ1) is 19.5. The van der Waals surface area contributed by atoms with Crippen molar-refractivity contribution in [2.45, 2.75) is 39.1 Å². The molecule has 0 unspecified atom stereocenters. The molecule has 1 aromatic heterocycles. The van der Waals surface area contributed by atoms with Crippen LogP contribution in [0.2, 0.25) is 0 Å². The summed E-state index contributed by atoms with van der Waals surface area (Å²) in [6.07, 6.45) is -0.856. The summed E-state index contributed by atoms with van der Waals surface area (Å²) < 4.78 is 41.2. The lowest BCUT2D eigenvalue weighted by molar-refractivity contribution is -0.274. The summed E-state index contributed by atoms with van der Waals surface area (Å²) in [5, 5.41) is 2.49. The van der Waals surface area contributed by atoms with Gasteiger partial charge in [0.15, 0.2) is 0 Å². The number of aromatic nitrogens is 2. The second-order valence-electron chi connectivity index (χ2n) is 5.57. The average Bonchev–Trinajstić information content (AvgIpc) is 2.55. The van der Waals surface area contributed by atoms with Crippen LogP contribution < -0.4 is 15.6 Å². The maximum atomic E-state index is 12.1. The van der Waals surface area contributed by atoms with E-state index in [0.29, 0.717) is 12.1 Å². The molecule has 0 spiro atoms. The van der Waals surface area contributed by atoms with Crippen LogP contribution in [0.5, 0.6) is 5.75 Å². The Morgan fingerprint density at radius 2 is 1.96 bits per heavy atom. The molecular weight excluding hydrogens is 351 g/mol. The van der Waals surface area contributed by atoms with E-state index >= 15 is 0 Å². The number of benzene rings is 1. The van der Waals surface area contributed by atoms with Crippen LogP contribution in [0.25, 0.3) is 0 Å². The topological polar surface area (TPSA) is 73.2 Å². The molecule has 1 aromatic carbocycles. The number of carbonyl (C=O) groups excluding carboxylic acids is 1. The van der Waals surface area contributed by atoms with Crippen LogP contribution in [0.4, 0.5) is 18.9 Å². The van der Waals surface area contributed by atoms with E-state index in [4.69, 9.17) is 0 Å². The number of carbonyl (C=O) groups is 1. The highest BCUT2D eigenvalue weighted by atomic mass is 19.4. The van der Waals surface area contributed by atoms with Gasteiger partial charge in [-0.2, -0.15) is 0 Å². The van der Waals surface area contributed by atoms with E-state index in [9.17, 15) is 22.8 Å². The molecule has 0 saturated heterocycles. The third kappa shape index (κ3) is 6.23. The number of alkyl halides is 3. The molecule has 1 N–H and O–H groups in total. The molecule has 0 saturated carbocycles. The Morgan fingerprint density at radius 1 is 1.27 bits per heavy atom. The zero-order valence-electron chi connectivity index (χ0n) is 14.0. The van der Waals surface area contributed by atoms with E-state index in [-0.39, 0.29) is 17.8 Å². The number of hydrogen-bond donors (Lipinski definition) is 1. The Morgan fingerprint density at radius 3 is 2.54 bits per heavy atom. The van der Waals surface area contributed by atoms with Crippen LogP contribution in [0, 0.1) is 0 Å². The standard InChI is InChI=1S/C17H18F3N3O3/c1-2-3-4-13-9-16(25)23(11-21-13)10-15(24)22-12-5-7-14(8-6-12)26-17(18,19)20/h5-9,11H,2-4,10H2,1H3,(H,22,24). The van der Waals surface area contributed by atoms with E-state index in [1.54, 1.807) is 0 Å². The fourth-order valence-electron chi connectivity index (χ4n) is 2.17. The first-order valence-electron chi connectivity index (χ1n) is 7.98. The van der Waals surface area contributed by atoms with Gasteiger partial charge in [-0.05, 0) is 37.1 Å². The summed E-state index contributed by atoms with van der Waals surface area (Å²) in [6.45, 7) is 1.79. The van der Waals surface area contributed by atoms with E-state index < -0.39 is 18.0 Å². The number of ether oxygens (including phenoxy) is 1. The van der Waals surface area contributed by atoms with Crippen molar-refractivity contribution in [1.29, 1.82) is 0 Å². The Balaban J connectivity index is 1.95. The maximum absolute atomic E-state index is 12.1. The van der Waals surface area contributed by atoms with Crippen LogP contribution in [0.15, 0.2) is 41.5 Å². The molecule has 0 atom stereocenters. The molecule has 140 valence electrons. The molecule has 1 heterocycles. The molecular formula is C17H18F3N3O3. The van der Waals surface area contributed by atoms with Crippen LogP contribution in [0.1, 0.15) is 25.5 Å². The van der Waals surface area contributed by atoms with Crippen molar-refractivity contribution in [3.05, 3.63) is 52.7 Å². The van der Waals surface area contributed by atoms with Crippen molar-refractivity contribution in [1.82, 2.24) is 9.55 Å². The van der Waals surface area contributed by atoms with Gasteiger partial charge < -0.3 is 10.1 Å². The Hall–Kier alpha value is -2.84. The normalized spacial score (nSPS) is 11.2. The first-order valence-corrected chi connectivity index (χ1v) is 7.98. The van der Waals surface area contributed by atoms with Crippen LogP contribution in [-0.2, 0) is 17.8 Å². The van der Waals surface area contributed by atoms with E-state index in [1.807, 2.05) is 6.92 Å². The van der Waals surface area contributed by atoms with Crippen molar-refractivity contribution in [2.24, 2.45) is 0 Å². The molecule has 2 rings (SSSR count). The van der Waals surface area contributed by atoms with Gasteiger partial charge in [-0.3, -0.25) is 14.2 Å². The van der Waals surface area contributed by atoms with Gasteiger partial charge in [0.25, 0.3) is 5.56 Å². The number of aryl methyl sites for hydroxylation is 1. The number of unbranched alkanes of at least 4 members (excludes halogenated alkanes) is 1. The van der Waals surface area contributed by atoms with E-state index in [0.717, 1.165) is 29.5 Å². The fourth-order valence-corrected chi connectivity index (χ4v) is 2.17. The lowest BCUT2D eigenvalue weighted by Gasteiger charge is -2.10. The molecule has 2 aromatic rings. The molecule has 0 radical (unpaired) electrons. The molecule has 6 nitrogen and oxygen atoms in total. The zero-order valence-corrected chi connectivity index (χ0v) is 14.0. The summed E-state index contributed by atoms with van der Waals surface area (Å²) in [5.41, 5.74) is 0.619. The van der Waals surface area contributed by atoms with Gasteiger partial charge in [0.1, 0.15) is 12.3 Å². The molecule has 0 aliphatic rings. The highest BCUT2D eigenvalue weighted by Crippen LogP contribution is 2.23. The first-order chi connectivity index (χ1) is 12.3. The number of nitrogens with zero attached hydrogens (tertiary/aromatic N) is 2. The van der Waals surface area contributed by atoms with E-state index in [1.165, 1.54) is 24.5 Å². The minimum Gasteiger partial charge on any atom is -0.406 e. The van der Waals surface area contributed by atoms with Gasteiger partial charge in [-0.1, -0.05) is 13.3 Å². The highest BCUT2D eigenvalue weighted by molar-refractivity contribution is 5.90. The Bertz CT molecular complexity index is 801. The second-order valence-corrected chi connectivity index (χ2v) is 5.57. The Labute approximate surface area is 147 Å². The number of hydrogen-bond acceptors (Lipinski definition) is 4. The van der Waals surface area contributed by atoms with Gasteiger partial charge in [-0.25, -0.2) is 4.98 Å². The summed E-state index contributed by atoms with van der Waals surface area (Å²) in [4.78, 5) is 28.1. The predicted octanol–water partition coefficient (Wildman–Crippen LogP) is 3.12. The maximum Gasteiger partial charge on any atom is 0.573 e. The molecule has 1 amide bonds. The number of rotatable bonds is 7. The van der Waals surface area contributed by atoms with Gasteiger partial charge in [0, 0.05) is 17.4 Å². The number of amides is 1.